The summed E-state index contributed by atoms with van der Waals surface area (Å²) in [5.41, 5.74) is 4.11. The van der Waals surface area contributed by atoms with Crippen LogP contribution in [0.5, 0.6) is 0 Å². The summed E-state index contributed by atoms with van der Waals surface area (Å²) in [5.74, 6) is -0.0583. The molecule has 0 aliphatic carbocycles. The summed E-state index contributed by atoms with van der Waals surface area (Å²) in [5, 5.41) is 6.24. The number of hydrogen-bond acceptors (Lipinski definition) is 3. The minimum absolute atomic E-state index is 0.0583. The fraction of sp³-hybridized carbons (Fsp3) is 0.235. The topological polar surface area (TPSA) is 44.4 Å². The van der Waals surface area contributed by atoms with Crippen LogP contribution in [0.1, 0.15) is 12.5 Å². The smallest absolute Gasteiger partial charge is 0.221 e. The monoisotopic (exact) mass is 283 g/mol. The van der Waals surface area contributed by atoms with Crippen LogP contribution in [-0.4, -0.2) is 20.0 Å². The van der Waals surface area contributed by atoms with Crippen LogP contribution in [0.3, 0.4) is 0 Å². The number of amides is 1. The number of para-hydroxylation sites is 1. The normalized spacial score (nSPS) is 10.0. The second-order valence-corrected chi connectivity index (χ2v) is 5.14. The minimum atomic E-state index is -0.0583. The summed E-state index contributed by atoms with van der Waals surface area (Å²) >= 11 is 0. The van der Waals surface area contributed by atoms with Crippen molar-refractivity contribution < 1.29 is 4.79 Å². The quantitative estimate of drug-likeness (QED) is 0.884. The Hall–Kier alpha value is -2.49. The van der Waals surface area contributed by atoms with E-state index < -0.39 is 0 Å². The fourth-order valence-electron chi connectivity index (χ4n) is 2.08. The summed E-state index contributed by atoms with van der Waals surface area (Å²) in [4.78, 5) is 13.3. The third kappa shape index (κ3) is 4.24. The molecule has 0 unspecified atom stereocenters. The molecule has 1 amide bonds. The van der Waals surface area contributed by atoms with Gasteiger partial charge in [0.05, 0.1) is 0 Å². The molecule has 2 aromatic rings. The van der Waals surface area contributed by atoms with Crippen molar-refractivity contribution in [3.05, 3.63) is 54.1 Å². The van der Waals surface area contributed by atoms with Gasteiger partial charge in [-0.3, -0.25) is 4.79 Å². The van der Waals surface area contributed by atoms with Gasteiger partial charge >= 0.3 is 0 Å². The summed E-state index contributed by atoms with van der Waals surface area (Å²) < 4.78 is 0. The Labute approximate surface area is 125 Å². The van der Waals surface area contributed by atoms with Crippen molar-refractivity contribution in [3.8, 4) is 0 Å². The van der Waals surface area contributed by atoms with Crippen molar-refractivity contribution >= 4 is 23.0 Å². The average molecular weight is 283 g/mol. The van der Waals surface area contributed by atoms with Gasteiger partial charge in [-0.2, -0.15) is 0 Å². The molecule has 4 heteroatoms. The minimum Gasteiger partial charge on any atom is -0.381 e. The van der Waals surface area contributed by atoms with Crippen molar-refractivity contribution in [1.82, 2.24) is 0 Å². The average Bonchev–Trinajstić information content (AvgIpc) is 2.46. The van der Waals surface area contributed by atoms with E-state index in [1.165, 1.54) is 6.92 Å². The molecule has 2 N–H and O–H groups in total. The van der Waals surface area contributed by atoms with Crippen LogP contribution in [0.4, 0.5) is 17.1 Å². The molecule has 0 radical (unpaired) electrons. The summed E-state index contributed by atoms with van der Waals surface area (Å²) in [6, 6.07) is 16.0. The fourth-order valence-corrected chi connectivity index (χ4v) is 2.08. The summed E-state index contributed by atoms with van der Waals surface area (Å²) in [6.45, 7) is 2.18. The van der Waals surface area contributed by atoms with Crippen molar-refractivity contribution in [2.24, 2.45) is 0 Å². The van der Waals surface area contributed by atoms with Gasteiger partial charge in [-0.15, -0.1) is 0 Å². The van der Waals surface area contributed by atoms with E-state index in [0.29, 0.717) is 6.54 Å². The third-order valence-corrected chi connectivity index (χ3v) is 3.17. The Morgan fingerprint density at radius 1 is 1.10 bits per heavy atom. The van der Waals surface area contributed by atoms with Gasteiger partial charge in [0.25, 0.3) is 0 Å². The Balaban J connectivity index is 2.09. The molecule has 0 heterocycles. The Bertz CT molecular complexity index is 623. The zero-order valence-corrected chi connectivity index (χ0v) is 12.7. The maximum atomic E-state index is 11.2. The van der Waals surface area contributed by atoms with Crippen LogP contribution in [0, 0.1) is 0 Å². The van der Waals surface area contributed by atoms with E-state index in [1.807, 2.05) is 50.5 Å². The van der Waals surface area contributed by atoms with Crippen LogP contribution >= 0.6 is 0 Å². The van der Waals surface area contributed by atoms with E-state index in [-0.39, 0.29) is 5.91 Å². The highest BCUT2D eigenvalue weighted by atomic mass is 16.1. The number of anilines is 3. The molecule has 0 aliphatic rings. The Morgan fingerprint density at radius 2 is 1.86 bits per heavy atom. The van der Waals surface area contributed by atoms with E-state index in [9.17, 15) is 4.79 Å². The van der Waals surface area contributed by atoms with E-state index in [0.717, 1.165) is 22.6 Å². The predicted octanol–water partition coefficient (Wildman–Crippen LogP) is 3.32. The molecule has 21 heavy (non-hydrogen) atoms. The summed E-state index contributed by atoms with van der Waals surface area (Å²) in [6.07, 6.45) is 0. The summed E-state index contributed by atoms with van der Waals surface area (Å²) in [7, 11) is 4.04. The van der Waals surface area contributed by atoms with E-state index >= 15 is 0 Å². The van der Waals surface area contributed by atoms with Gasteiger partial charge in [-0.05, 0) is 29.8 Å². The van der Waals surface area contributed by atoms with Gasteiger partial charge in [0.2, 0.25) is 5.91 Å². The van der Waals surface area contributed by atoms with Gasteiger partial charge in [0.15, 0.2) is 0 Å². The van der Waals surface area contributed by atoms with Gasteiger partial charge in [-0.25, -0.2) is 0 Å². The highest BCUT2D eigenvalue weighted by Gasteiger charge is 2.03. The number of nitrogens with one attached hydrogen (secondary N) is 2. The standard InChI is InChI=1S/C17H21N3O/c1-13(21)19-17-10-5-4-7-14(17)12-18-15-8-6-9-16(11-15)20(2)3/h4-11,18H,12H2,1-3H3,(H,19,21). The van der Waals surface area contributed by atoms with Crippen LogP contribution in [0.15, 0.2) is 48.5 Å². The lowest BCUT2D eigenvalue weighted by Crippen LogP contribution is -2.11. The van der Waals surface area contributed by atoms with Gasteiger partial charge in [0.1, 0.15) is 0 Å². The van der Waals surface area contributed by atoms with E-state index in [4.69, 9.17) is 0 Å². The van der Waals surface area contributed by atoms with Crippen molar-refractivity contribution in [1.29, 1.82) is 0 Å². The molecule has 2 rings (SSSR count). The molecule has 0 atom stereocenters. The maximum absolute atomic E-state index is 11.2. The molecule has 0 saturated carbocycles. The van der Waals surface area contributed by atoms with Crippen molar-refractivity contribution in [3.63, 3.8) is 0 Å². The maximum Gasteiger partial charge on any atom is 0.221 e. The number of benzene rings is 2. The largest absolute Gasteiger partial charge is 0.381 e. The first kappa shape index (κ1) is 14.9. The molecule has 0 spiro atoms. The zero-order chi connectivity index (χ0) is 15.2. The molecule has 2 aromatic carbocycles. The van der Waals surface area contributed by atoms with Crippen LogP contribution < -0.4 is 15.5 Å². The van der Waals surface area contributed by atoms with Gasteiger partial charge in [0, 0.05) is 44.6 Å². The predicted molar refractivity (Wildman–Crippen MR) is 88.8 cm³/mol. The highest BCUT2D eigenvalue weighted by molar-refractivity contribution is 5.89. The first-order valence-corrected chi connectivity index (χ1v) is 6.93. The number of carbonyl (C=O) groups is 1. The molecular weight excluding hydrogens is 262 g/mol. The SMILES string of the molecule is CC(=O)Nc1ccccc1CNc1cccc(N(C)C)c1. The lowest BCUT2D eigenvalue weighted by Gasteiger charge is -2.15. The number of hydrogen-bond donors (Lipinski definition) is 2. The van der Waals surface area contributed by atoms with Crippen molar-refractivity contribution in [2.75, 3.05) is 29.6 Å². The molecule has 0 bridgehead atoms. The van der Waals surface area contributed by atoms with Crippen LogP contribution in [-0.2, 0) is 11.3 Å². The molecule has 0 saturated heterocycles. The second-order valence-electron chi connectivity index (χ2n) is 5.14. The Kier molecular flexibility index (Phi) is 4.82. The number of carbonyl (C=O) groups excluding carboxylic acids is 1. The lowest BCUT2D eigenvalue weighted by molar-refractivity contribution is -0.114. The lowest BCUT2D eigenvalue weighted by atomic mass is 10.1. The molecule has 0 aromatic heterocycles. The van der Waals surface area contributed by atoms with Gasteiger partial charge < -0.3 is 15.5 Å². The molecule has 0 aliphatic heterocycles. The highest BCUT2D eigenvalue weighted by Crippen LogP contribution is 2.20. The zero-order valence-electron chi connectivity index (χ0n) is 12.7. The molecule has 4 nitrogen and oxygen atoms in total. The van der Waals surface area contributed by atoms with Crippen LogP contribution in [0.2, 0.25) is 0 Å². The van der Waals surface area contributed by atoms with Crippen molar-refractivity contribution in [2.45, 2.75) is 13.5 Å². The second kappa shape index (κ2) is 6.79. The third-order valence-electron chi connectivity index (χ3n) is 3.17. The molecular formula is C17H21N3O. The number of rotatable bonds is 5. The van der Waals surface area contributed by atoms with Crippen LogP contribution in [0.25, 0.3) is 0 Å². The van der Waals surface area contributed by atoms with E-state index in [1.54, 1.807) is 0 Å². The van der Waals surface area contributed by atoms with Gasteiger partial charge in [-0.1, -0.05) is 24.3 Å². The Morgan fingerprint density at radius 3 is 2.57 bits per heavy atom. The first-order chi connectivity index (χ1) is 10.1. The number of nitrogens with zero attached hydrogens (tertiary/aromatic N) is 1. The molecule has 0 fully saturated rings. The molecule has 110 valence electrons. The van der Waals surface area contributed by atoms with E-state index in [2.05, 4.69) is 27.7 Å². The first-order valence-electron chi connectivity index (χ1n) is 6.93.